The minimum absolute atomic E-state index is 0.0540. The molecule has 0 aromatic carbocycles. The largest absolute Gasteiger partial charge is 0.459 e. The van der Waals surface area contributed by atoms with Gasteiger partial charge in [0.25, 0.3) is 0 Å². The minimum Gasteiger partial charge on any atom is -0.459 e. The number of allylic oxidation sites excluding steroid dienone is 3. The van der Waals surface area contributed by atoms with E-state index >= 15 is 0 Å². The Labute approximate surface area is 204 Å². The van der Waals surface area contributed by atoms with Crippen LogP contribution in [0.15, 0.2) is 46.6 Å². The average molecular weight is 495 g/mol. The van der Waals surface area contributed by atoms with Crippen LogP contribution in [-0.2, 0) is 28.6 Å². The predicted molar refractivity (Wildman–Crippen MR) is 124 cm³/mol. The highest BCUT2D eigenvalue weighted by Gasteiger charge is 2.61. The Morgan fingerprint density at radius 3 is 2.43 bits per heavy atom. The maximum atomic E-state index is 12.9. The van der Waals surface area contributed by atoms with Gasteiger partial charge in [0.05, 0.1) is 36.9 Å². The van der Waals surface area contributed by atoms with E-state index < -0.39 is 68.1 Å². The number of hydrogen-bond acceptors (Lipinski definition) is 10. The highest BCUT2D eigenvalue weighted by Crippen LogP contribution is 2.40. The van der Waals surface area contributed by atoms with Crippen LogP contribution in [0, 0.1) is 5.92 Å². The lowest BCUT2D eigenvalue weighted by atomic mass is 9.78. The van der Waals surface area contributed by atoms with Gasteiger partial charge < -0.3 is 34.6 Å². The van der Waals surface area contributed by atoms with Crippen LogP contribution in [0.1, 0.15) is 40.0 Å². The van der Waals surface area contributed by atoms with Gasteiger partial charge in [0, 0.05) is 6.42 Å². The maximum Gasteiger partial charge on any atom is 0.342 e. The number of rotatable bonds is 8. The third kappa shape index (κ3) is 6.88. The Morgan fingerprint density at radius 2 is 1.83 bits per heavy atom. The predicted octanol–water partition coefficient (Wildman–Crippen LogP) is 0.640. The van der Waals surface area contributed by atoms with E-state index in [1.165, 1.54) is 13.0 Å². The lowest BCUT2D eigenvalue weighted by molar-refractivity contribution is -0.172. The first-order chi connectivity index (χ1) is 16.6. The number of aliphatic hydroxyl groups excluding tert-OH is 3. The third-order valence-corrected chi connectivity index (χ3v) is 6.14. The molecule has 10 nitrogen and oxygen atoms in total. The second-order valence-corrected chi connectivity index (χ2v) is 8.69. The second-order valence-electron chi connectivity index (χ2n) is 8.69. The van der Waals surface area contributed by atoms with E-state index in [2.05, 4.69) is 0 Å². The van der Waals surface area contributed by atoms with Gasteiger partial charge in [0.1, 0.15) is 18.8 Å². The van der Waals surface area contributed by atoms with Crippen LogP contribution in [0.25, 0.3) is 0 Å². The number of carbonyl (C=O) groups is 3. The molecule has 0 bridgehead atoms. The van der Waals surface area contributed by atoms with Crippen molar-refractivity contribution < 1.29 is 49.0 Å². The standard InChI is InChI=1S/C25H34O10/c1-4-17(12-27)22(29)33-14-25(32)21-19(34-23(30)18(13-28)8-9-26)10-15(2)6-5-7-16(3)11-20(21)35-24(25)31/h4,6,8,11,19-21,26-28,32H,5,7,9-10,12-14H2,1-3H3/b15-6+,16-11+,17-4+,18-8+/t19-,20-,21-,25+/m1/s1. The first-order valence-electron chi connectivity index (χ1n) is 11.4. The highest BCUT2D eigenvalue weighted by atomic mass is 16.6. The molecule has 0 amide bonds. The molecule has 0 unspecified atom stereocenters. The van der Waals surface area contributed by atoms with E-state index in [9.17, 15) is 29.7 Å². The Kier molecular flexibility index (Phi) is 10.4. The van der Waals surface area contributed by atoms with E-state index in [-0.39, 0.29) is 17.6 Å². The van der Waals surface area contributed by atoms with Gasteiger partial charge >= 0.3 is 17.9 Å². The second kappa shape index (κ2) is 12.8. The summed E-state index contributed by atoms with van der Waals surface area (Å²) in [6.45, 7) is 2.65. The van der Waals surface area contributed by atoms with Crippen LogP contribution in [0.5, 0.6) is 0 Å². The molecule has 1 saturated heterocycles. The smallest absolute Gasteiger partial charge is 0.342 e. The number of aliphatic hydroxyl groups is 4. The molecule has 1 aliphatic carbocycles. The molecule has 4 atom stereocenters. The van der Waals surface area contributed by atoms with E-state index in [0.29, 0.717) is 12.8 Å². The van der Waals surface area contributed by atoms with E-state index in [1.807, 2.05) is 19.9 Å². The molecule has 4 N–H and O–H groups in total. The molecule has 0 radical (unpaired) electrons. The summed E-state index contributed by atoms with van der Waals surface area (Å²) in [4.78, 5) is 37.9. The molecule has 0 saturated carbocycles. The zero-order chi connectivity index (χ0) is 26.2. The van der Waals surface area contributed by atoms with Gasteiger partial charge in [0.2, 0.25) is 5.60 Å². The van der Waals surface area contributed by atoms with Crippen LogP contribution in [-0.4, -0.2) is 82.6 Å². The molecule has 0 aromatic heterocycles. The van der Waals surface area contributed by atoms with Crippen molar-refractivity contribution in [2.24, 2.45) is 5.92 Å². The summed E-state index contributed by atoms with van der Waals surface area (Å²) in [5.41, 5.74) is -0.867. The van der Waals surface area contributed by atoms with Gasteiger partial charge in [-0.2, -0.15) is 0 Å². The molecule has 0 aromatic rings. The fourth-order valence-electron chi connectivity index (χ4n) is 4.15. The molecule has 1 fully saturated rings. The number of carbonyl (C=O) groups excluding carboxylic acids is 3. The van der Waals surface area contributed by atoms with Crippen LogP contribution >= 0.6 is 0 Å². The molecule has 10 heteroatoms. The van der Waals surface area contributed by atoms with Gasteiger partial charge in [-0.1, -0.05) is 23.3 Å². The summed E-state index contributed by atoms with van der Waals surface area (Å²) in [5.74, 6) is -4.03. The number of fused-ring (bicyclic) bond motifs is 1. The summed E-state index contributed by atoms with van der Waals surface area (Å²) in [7, 11) is 0. The molecular formula is C25H34O10. The molecule has 35 heavy (non-hydrogen) atoms. The first kappa shape index (κ1) is 28.4. The zero-order valence-electron chi connectivity index (χ0n) is 20.2. The average Bonchev–Trinajstić information content (AvgIpc) is 3.05. The molecule has 2 rings (SSSR count). The SMILES string of the molecule is C/C=C(\CO)C(=O)OC[C@@]1(O)C(=O)O[C@@H]2/C=C(\C)CC/C=C(\C)C[C@@H](OC(=O)/C(=C/CO)CO)[C@H]21. The maximum absolute atomic E-state index is 12.9. The quantitative estimate of drug-likeness (QED) is 0.163. The lowest BCUT2D eigenvalue weighted by Gasteiger charge is -2.33. The minimum atomic E-state index is -2.35. The summed E-state index contributed by atoms with van der Waals surface area (Å²) >= 11 is 0. The van der Waals surface area contributed by atoms with Gasteiger partial charge in [-0.3, -0.25) is 0 Å². The fraction of sp³-hybridized carbons (Fsp3) is 0.560. The number of hydrogen-bond donors (Lipinski definition) is 4. The van der Waals surface area contributed by atoms with Crippen LogP contribution in [0.4, 0.5) is 0 Å². The number of ether oxygens (including phenoxy) is 3. The summed E-state index contributed by atoms with van der Waals surface area (Å²) < 4.78 is 16.3. The van der Waals surface area contributed by atoms with Crippen molar-refractivity contribution >= 4 is 17.9 Å². The Morgan fingerprint density at radius 1 is 1.14 bits per heavy atom. The van der Waals surface area contributed by atoms with E-state index in [4.69, 9.17) is 19.3 Å². The molecule has 1 heterocycles. The molecule has 1 aliphatic heterocycles. The lowest BCUT2D eigenvalue weighted by Crippen LogP contribution is -2.52. The van der Waals surface area contributed by atoms with Gasteiger partial charge in [-0.15, -0.1) is 0 Å². The van der Waals surface area contributed by atoms with Crippen LogP contribution < -0.4 is 0 Å². The van der Waals surface area contributed by atoms with E-state index in [0.717, 1.165) is 17.2 Å². The molecule has 194 valence electrons. The summed E-state index contributed by atoms with van der Waals surface area (Å²) in [6.07, 6.45) is 5.55. The number of esters is 3. The molecule has 0 spiro atoms. The zero-order valence-corrected chi connectivity index (χ0v) is 20.2. The topological polar surface area (TPSA) is 160 Å². The van der Waals surface area contributed by atoms with Gasteiger partial charge in [-0.05, 0) is 45.8 Å². The Balaban J connectivity index is 2.50. The van der Waals surface area contributed by atoms with Gasteiger partial charge in [-0.25, -0.2) is 14.4 Å². The van der Waals surface area contributed by atoms with Crippen LogP contribution in [0.3, 0.4) is 0 Å². The molecular weight excluding hydrogens is 460 g/mol. The Bertz CT molecular complexity index is 929. The van der Waals surface area contributed by atoms with Crippen molar-refractivity contribution in [1.82, 2.24) is 0 Å². The third-order valence-electron chi connectivity index (χ3n) is 6.14. The fourth-order valence-corrected chi connectivity index (χ4v) is 4.15. The first-order valence-corrected chi connectivity index (χ1v) is 11.4. The van der Waals surface area contributed by atoms with Crippen molar-refractivity contribution in [1.29, 1.82) is 0 Å². The van der Waals surface area contributed by atoms with Gasteiger partial charge in [0.15, 0.2) is 0 Å². The van der Waals surface area contributed by atoms with Crippen molar-refractivity contribution in [3.63, 3.8) is 0 Å². The van der Waals surface area contributed by atoms with E-state index in [1.54, 1.807) is 6.08 Å². The van der Waals surface area contributed by atoms with Crippen molar-refractivity contribution in [2.45, 2.75) is 57.8 Å². The molecule has 2 aliphatic rings. The normalized spacial score (nSPS) is 30.8. The summed E-state index contributed by atoms with van der Waals surface area (Å²) in [6, 6.07) is 0. The van der Waals surface area contributed by atoms with Crippen molar-refractivity contribution in [3.05, 3.63) is 46.6 Å². The van der Waals surface area contributed by atoms with Crippen LogP contribution in [0.2, 0.25) is 0 Å². The summed E-state index contributed by atoms with van der Waals surface area (Å²) in [5, 5.41) is 39.4. The Hall–Kier alpha value is -2.79. The monoisotopic (exact) mass is 494 g/mol. The van der Waals surface area contributed by atoms with Crippen molar-refractivity contribution in [2.75, 3.05) is 26.4 Å². The highest BCUT2D eigenvalue weighted by molar-refractivity contribution is 5.90. The van der Waals surface area contributed by atoms with Crippen molar-refractivity contribution in [3.8, 4) is 0 Å².